The highest BCUT2D eigenvalue weighted by Crippen LogP contribution is 2.30. The maximum absolute atomic E-state index is 10.3. The summed E-state index contributed by atoms with van der Waals surface area (Å²) in [6.07, 6.45) is 1.13. The number of aliphatic hydroxyl groups excluding tert-OH is 1. The molecule has 2 aromatic carbocycles. The largest absolute Gasteiger partial charge is 0.383 e. The molecule has 2 nitrogen and oxygen atoms in total. The number of benzene rings is 2. The molecule has 1 aromatic heterocycles. The van der Waals surface area contributed by atoms with Crippen molar-refractivity contribution in [2.24, 2.45) is 0 Å². The molecule has 0 aliphatic carbocycles. The molecule has 1 unspecified atom stereocenters. The molecule has 0 spiro atoms. The van der Waals surface area contributed by atoms with Crippen molar-refractivity contribution in [3.05, 3.63) is 64.6 Å². The van der Waals surface area contributed by atoms with Gasteiger partial charge in [0.05, 0.1) is 10.4 Å². The van der Waals surface area contributed by atoms with E-state index in [1.54, 1.807) is 11.7 Å². The molecule has 84 valence electrons. The standard InChI is InChI=1S/C14H11NOS/c16-14(13-8-15-9-17-13)12-7-3-5-10-4-1-2-6-11(10)12/h1-9,14,16H. The molecular formula is C14H11NOS. The topological polar surface area (TPSA) is 33.1 Å². The lowest BCUT2D eigenvalue weighted by molar-refractivity contribution is 0.225. The van der Waals surface area contributed by atoms with Crippen LogP contribution in [0.2, 0.25) is 0 Å². The monoisotopic (exact) mass is 241 g/mol. The Labute approximate surface area is 103 Å². The molecule has 1 N–H and O–H groups in total. The summed E-state index contributed by atoms with van der Waals surface area (Å²) in [5.41, 5.74) is 2.68. The lowest BCUT2D eigenvalue weighted by Gasteiger charge is -2.11. The van der Waals surface area contributed by atoms with Crippen molar-refractivity contribution >= 4 is 22.1 Å². The first kappa shape index (κ1) is 10.4. The Balaban J connectivity index is 2.17. The Bertz CT molecular complexity index is 628. The van der Waals surface area contributed by atoms with E-state index in [0.29, 0.717) is 0 Å². The second kappa shape index (κ2) is 4.28. The Kier molecular flexibility index (Phi) is 2.63. The van der Waals surface area contributed by atoms with Gasteiger partial charge in [0.2, 0.25) is 0 Å². The fraction of sp³-hybridized carbons (Fsp3) is 0.0714. The molecule has 3 heteroatoms. The molecule has 0 bridgehead atoms. The molecule has 0 aliphatic heterocycles. The van der Waals surface area contributed by atoms with Crippen LogP contribution in [0, 0.1) is 0 Å². The Morgan fingerprint density at radius 1 is 1.06 bits per heavy atom. The van der Waals surface area contributed by atoms with Crippen LogP contribution in [0.3, 0.4) is 0 Å². The van der Waals surface area contributed by atoms with Crippen LogP contribution in [0.5, 0.6) is 0 Å². The van der Waals surface area contributed by atoms with Crippen LogP contribution in [-0.4, -0.2) is 10.1 Å². The average molecular weight is 241 g/mol. The van der Waals surface area contributed by atoms with E-state index in [9.17, 15) is 5.11 Å². The second-order valence-electron chi connectivity index (χ2n) is 3.87. The van der Waals surface area contributed by atoms with Crippen molar-refractivity contribution in [1.29, 1.82) is 0 Å². The van der Waals surface area contributed by atoms with E-state index in [1.165, 1.54) is 11.3 Å². The number of aromatic nitrogens is 1. The molecule has 1 atom stereocenters. The zero-order chi connectivity index (χ0) is 11.7. The van der Waals surface area contributed by atoms with Crippen molar-refractivity contribution in [2.75, 3.05) is 0 Å². The second-order valence-corrected chi connectivity index (χ2v) is 4.79. The smallest absolute Gasteiger partial charge is 0.115 e. The summed E-state index contributed by atoms with van der Waals surface area (Å²) in [6.45, 7) is 0. The number of aliphatic hydroxyl groups is 1. The van der Waals surface area contributed by atoms with Crippen LogP contribution < -0.4 is 0 Å². The van der Waals surface area contributed by atoms with Gasteiger partial charge in [-0.1, -0.05) is 42.5 Å². The molecule has 3 rings (SSSR count). The van der Waals surface area contributed by atoms with Crippen molar-refractivity contribution in [3.8, 4) is 0 Å². The maximum Gasteiger partial charge on any atom is 0.115 e. The van der Waals surface area contributed by atoms with Crippen LogP contribution in [0.25, 0.3) is 10.8 Å². The molecule has 1 heterocycles. The highest BCUT2D eigenvalue weighted by molar-refractivity contribution is 7.09. The Morgan fingerprint density at radius 3 is 2.71 bits per heavy atom. The minimum absolute atomic E-state index is 0.589. The van der Waals surface area contributed by atoms with E-state index in [0.717, 1.165) is 21.2 Å². The first-order chi connectivity index (χ1) is 8.36. The minimum atomic E-state index is -0.589. The van der Waals surface area contributed by atoms with E-state index in [2.05, 4.69) is 17.1 Å². The van der Waals surface area contributed by atoms with Gasteiger partial charge >= 0.3 is 0 Å². The third kappa shape index (κ3) is 1.84. The molecule has 0 amide bonds. The van der Waals surface area contributed by atoms with Crippen LogP contribution >= 0.6 is 11.3 Å². The van der Waals surface area contributed by atoms with Crippen LogP contribution in [0.15, 0.2) is 54.2 Å². The molecule has 0 radical (unpaired) electrons. The van der Waals surface area contributed by atoms with E-state index in [-0.39, 0.29) is 0 Å². The molecule has 0 aliphatic rings. The van der Waals surface area contributed by atoms with Crippen molar-refractivity contribution in [3.63, 3.8) is 0 Å². The predicted molar refractivity (Wildman–Crippen MR) is 70.1 cm³/mol. The third-order valence-electron chi connectivity index (χ3n) is 2.84. The van der Waals surface area contributed by atoms with Gasteiger partial charge in [-0.25, -0.2) is 0 Å². The van der Waals surface area contributed by atoms with Gasteiger partial charge in [0, 0.05) is 6.20 Å². The lowest BCUT2D eigenvalue weighted by Crippen LogP contribution is -1.97. The third-order valence-corrected chi connectivity index (χ3v) is 3.67. The summed E-state index contributed by atoms with van der Waals surface area (Å²) < 4.78 is 0. The van der Waals surface area contributed by atoms with Crippen molar-refractivity contribution < 1.29 is 5.11 Å². The SMILES string of the molecule is OC(c1cncs1)c1cccc2ccccc12. The van der Waals surface area contributed by atoms with Gasteiger partial charge in [-0.2, -0.15) is 0 Å². The van der Waals surface area contributed by atoms with Crippen LogP contribution in [0.4, 0.5) is 0 Å². The van der Waals surface area contributed by atoms with Gasteiger partial charge in [0.25, 0.3) is 0 Å². The van der Waals surface area contributed by atoms with Crippen molar-refractivity contribution in [1.82, 2.24) is 4.98 Å². The zero-order valence-electron chi connectivity index (χ0n) is 9.08. The molecule has 0 saturated carbocycles. The number of hydrogen-bond acceptors (Lipinski definition) is 3. The van der Waals surface area contributed by atoms with Crippen LogP contribution in [-0.2, 0) is 0 Å². The van der Waals surface area contributed by atoms with Gasteiger partial charge in [-0.3, -0.25) is 4.98 Å². The number of nitrogens with zero attached hydrogens (tertiary/aromatic N) is 1. The van der Waals surface area contributed by atoms with Crippen molar-refractivity contribution in [2.45, 2.75) is 6.10 Å². The summed E-state index contributed by atoms with van der Waals surface area (Å²) in [5, 5.41) is 12.6. The molecular weight excluding hydrogens is 230 g/mol. The van der Waals surface area contributed by atoms with E-state index in [1.807, 2.05) is 30.3 Å². The summed E-state index contributed by atoms with van der Waals surface area (Å²) in [5.74, 6) is 0. The van der Waals surface area contributed by atoms with Gasteiger partial charge in [-0.15, -0.1) is 11.3 Å². The number of rotatable bonds is 2. The number of fused-ring (bicyclic) bond motifs is 1. The first-order valence-electron chi connectivity index (χ1n) is 5.40. The average Bonchev–Trinajstić information content (AvgIpc) is 2.91. The van der Waals surface area contributed by atoms with Gasteiger partial charge in [0.1, 0.15) is 6.10 Å². The summed E-state index contributed by atoms with van der Waals surface area (Å²) in [7, 11) is 0. The van der Waals surface area contributed by atoms with Crippen LogP contribution in [0.1, 0.15) is 16.5 Å². The van der Waals surface area contributed by atoms with Gasteiger partial charge in [0.15, 0.2) is 0 Å². The number of hydrogen-bond donors (Lipinski definition) is 1. The highest BCUT2D eigenvalue weighted by atomic mass is 32.1. The van der Waals surface area contributed by atoms with E-state index in [4.69, 9.17) is 0 Å². The normalized spacial score (nSPS) is 12.8. The lowest BCUT2D eigenvalue weighted by atomic mass is 10.00. The fourth-order valence-electron chi connectivity index (χ4n) is 2.00. The predicted octanol–water partition coefficient (Wildman–Crippen LogP) is 3.38. The Morgan fingerprint density at radius 2 is 1.88 bits per heavy atom. The molecule has 0 saturated heterocycles. The quantitative estimate of drug-likeness (QED) is 0.746. The summed E-state index contributed by atoms with van der Waals surface area (Å²) in [4.78, 5) is 4.88. The first-order valence-corrected chi connectivity index (χ1v) is 6.28. The summed E-state index contributed by atoms with van der Waals surface area (Å²) in [6, 6.07) is 14.1. The minimum Gasteiger partial charge on any atom is -0.383 e. The number of thiazole rings is 1. The van der Waals surface area contributed by atoms with Gasteiger partial charge < -0.3 is 5.11 Å². The van der Waals surface area contributed by atoms with E-state index < -0.39 is 6.10 Å². The molecule has 3 aromatic rings. The zero-order valence-corrected chi connectivity index (χ0v) is 9.89. The maximum atomic E-state index is 10.3. The fourth-order valence-corrected chi connectivity index (χ4v) is 2.62. The highest BCUT2D eigenvalue weighted by Gasteiger charge is 2.14. The Hall–Kier alpha value is -1.71. The molecule has 17 heavy (non-hydrogen) atoms. The van der Waals surface area contributed by atoms with Gasteiger partial charge in [-0.05, 0) is 16.3 Å². The van der Waals surface area contributed by atoms with E-state index >= 15 is 0 Å². The summed E-state index contributed by atoms with van der Waals surface area (Å²) >= 11 is 1.47. The molecule has 0 fully saturated rings.